The molecule has 1 unspecified atom stereocenters. The third-order valence-corrected chi connectivity index (χ3v) is 3.60. The Bertz CT molecular complexity index is 601. The fraction of sp³-hybridized carbons (Fsp3) is 0.444. The summed E-state index contributed by atoms with van der Waals surface area (Å²) in [4.78, 5) is 25.5. The molecule has 1 aromatic rings. The average molecular weight is 317 g/mol. The van der Waals surface area contributed by atoms with Crippen molar-refractivity contribution in [3.8, 4) is 0 Å². The smallest absolute Gasteiger partial charge is 0.410 e. The summed E-state index contributed by atoms with van der Waals surface area (Å²) < 4.78 is 5.41. The van der Waals surface area contributed by atoms with E-state index in [1.54, 1.807) is 35.2 Å². The molecule has 23 heavy (non-hydrogen) atoms. The first-order valence-electron chi connectivity index (χ1n) is 7.78. The zero-order valence-corrected chi connectivity index (χ0v) is 13.8. The second-order valence-electron chi connectivity index (χ2n) is 6.63. The van der Waals surface area contributed by atoms with Gasteiger partial charge in [-0.3, -0.25) is 0 Å². The third kappa shape index (κ3) is 4.58. The van der Waals surface area contributed by atoms with Crippen LogP contribution in [0.2, 0.25) is 0 Å². The van der Waals surface area contributed by atoms with Crippen LogP contribution < -0.4 is 0 Å². The van der Waals surface area contributed by atoms with E-state index >= 15 is 0 Å². The van der Waals surface area contributed by atoms with Gasteiger partial charge >= 0.3 is 12.1 Å². The van der Waals surface area contributed by atoms with Crippen LogP contribution in [-0.4, -0.2) is 40.3 Å². The molecule has 1 atom stereocenters. The highest BCUT2D eigenvalue weighted by molar-refractivity contribution is 6.15. The van der Waals surface area contributed by atoms with Gasteiger partial charge in [0.25, 0.3) is 0 Å². The lowest BCUT2D eigenvalue weighted by Crippen LogP contribution is -2.39. The van der Waals surface area contributed by atoms with Gasteiger partial charge in [-0.2, -0.15) is 0 Å². The van der Waals surface area contributed by atoms with E-state index in [0.29, 0.717) is 12.1 Å². The first kappa shape index (κ1) is 17.1. The molecule has 1 N–H and O–H groups in total. The number of hydrogen-bond donors (Lipinski definition) is 1. The summed E-state index contributed by atoms with van der Waals surface area (Å²) in [6.07, 6.45) is 2.84. The first-order valence-corrected chi connectivity index (χ1v) is 7.78. The fourth-order valence-electron chi connectivity index (χ4n) is 2.61. The second kappa shape index (κ2) is 6.86. The van der Waals surface area contributed by atoms with Crippen molar-refractivity contribution in [2.45, 2.75) is 45.3 Å². The van der Waals surface area contributed by atoms with Crippen LogP contribution in [0.25, 0.3) is 5.57 Å². The Kier molecular flexibility index (Phi) is 5.08. The van der Waals surface area contributed by atoms with Gasteiger partial charge in [0.15, 0.2) is 0 Å². The number of amides is 1. The largest absolute Gasteiger partial charge is 0.478 e. The van der Waals surface area contributed by atoms with Crippen molar-refractivity contribution in [1.82, 2.24) is 4.90 Å². The van der Waals surface area contributed by atoms with E-state index in [-0.39, 0.29) is 11.6 Å². The van der Waals surface area contributed by atoms with E-state index in [9.17, 15) is 14.7 Å². The quantitative estimate of drug-likeness (QED) is 0.866. The second-order valence-corrected chi connectivity index (χ2v) is 6.63. The molecule has 1 aromatic carbocycles. The van der Waals surface area contributed by atoms with Crippen molar-refractivity contribution in [3.63, 3.8) is 0 Å². The van der Waals surface area contributed by atoms with Crippen molar-refractivity contribution in [1.29, 1.82) is 0 Å². The van der Waals surface area contributed by atoms with Crippen LogP contribution in [0.15, 0.2) is 36.4 Å². The summed E-state index contributed by atoms with van der Waals surface area (Å²) in [5, 5.41) is 9.50. The molecule has 2 rings (SSSR count). The molecule has 0 saturated carbocycles. The Morgan fingerprint density at radius 1 is 1.26 bits per heavy atom. The maximum absolute atomic E-state index is 12.3. The highest BCUT2D eigenvalue weighted by Crippen LogP contribution is 2.25. The molecule has 0 bridgehead atoms. The van der Waals surface area contributed by atoms with Crippen molar-refractivity contribution in [3.05, 3.63) is 42.0 Å². The van der Waals surface area contributed by atoms with Crippen LogP contribution >= 0.6 is 0 Å². The van der Waals surface area contributed by atoms with E-state index in [1.165, 1.54) is 0 Å². The van der Waals surface area contributed by atoms with Crippen LogP contribution in [0.1, 0.15) is 39.2 Å². The van der Waals surface area contributed by atoms with Gasteiger partial charge in [-0.25, -0.2) is 9.59 Å². The molecule has 5 nitrogen and oxygen atoms in total. The van der Waals surface area contributed by atoms with Crippen molar-refractivity contribution in [2.75, 3.05) is 6.54 Å². The van der Waals surface area contributed by atoms with Crippen molar-refractivity contribution in [2.24, 2.45) is 0 Å². The summed E-state index contributed by atoms with van der Waals surface area (Å²) in [6.45, 7) is 6.03. The van der Waals surface area contributed by atoms with Crippen molar-refractivity contribution >= 4 is 17.6 Å². The summed E-state index contributed by atoms with van der Waals surface area (Å²) >= 11 is 0. The number of nitrogens with zero attached hydrogens (tertiary/aromatic N) is 1. The van der Waals surface area contributed by atoms with Gasteiger partial charge in [-0.1, -0.05) is 30.3 Å². The number of carboxylic acids is 1. The van der Waals surface area contributed by atoms with Crippen LogP contribution in [0.4, 0.5) is 4.79 Å². The Morgan fingerprint density at radius 3 is 2.48 bits per heavy atom. The van der Waals surface area contributed by atoms with Gasteiger partial charge < -0.3 is 14.7 Å². The van der Waals surface area contributed by atoms with Crippen LogP contribution in [-0.2, 0) is 9.53 Å². The monoisotopic (exact) mass is 317 g/mol. The Balaban J connectivity index is 2.24. The maximum atomic E-state index is 12.3. The number of carbonyl (C=O) groups excluding carboxylic acids is 1. The van der Waals surface area contributed by atoms with E-state index in [2.05, 4.69) is 0 Å². The number of ether oxygens (including phenoxy) is 1. The minimum atomic E-state index is -0.993. The Morgan fingerprint density at radius 2 is 1.91 bits per heavy atom. The highest BCUT2D eigenvalue weighted by Gasteiger charge is 2.31. The summed E-state index contributed by atoms with van der Waals surface area (Å²) in [5.41, 5.74) is 0.283. The zero-order chi connectivity index (χ0) is 17.0. The SMILES string of the molecule is CC(C)(C)OC(=O)N1CCCC1/C=C(\C(=O)O)c1ccccc1. The lowest BCUT2D eigenvalue weighted by Gasteiger charge is -2.27. The zero-order valence-electron chi connectivity index (χ0n) is 13.8. The molecule has 0 spiro atoms. The molecule has 5 heteroatoms. The Labute approximate surface area is 136 Å². The van der Waals surface area contributed by atoms with Gasteiger partial charge in [-0.05, 0) is 45.3 Å². The Hall–Kier alpha value is -2.30. The molecule has 124 valence electrons. The molecular formula is C18H23NO4. The fourth-order valence-corrected chi connectivity index (χ4v) is 2.61. The predicted molar refractivity (Wildman–Crippen MR) is 88.0 cm³/mol. The molecule has 0 aromatic heterocycles. The molecule has 0 radical (unpaired) electrons. The highest BCUT2D eigenvalue weighted by atomic mass is 16.6. The standard InChI is InChI=1S/C18H23NO4/c1-18(2,3)23-17(22)19-11-7-10-14(19)12-15(16(20)21)13-8-5-4-6-9-13/h4-6,8-9,12,14H,7,10-11H2,1-3H3,(H,20,21)/b15-12-. The van der Waals surface area contributed by atoms with Gasteiger partial charge in [0.05, 0.1) is 11.6 Å². The van der Waals surface area contributed by atoms with E-state index in [0.717, 1.165) is 12.8 Å². The van der Waals surface area contributed by atoms with Gasteiger partial charge in [0.2, 0.25) is 0 Å². The number of carboxylic acid groups (broad SMARTS) is 1. The molecule has 1 saturated heterocycles. The summed E-state index contributed by atoms with van der Waals surface area (Å²) in [5.74, 6) is -0.993. The summed E-state index contributed by atoms with van der Waals surface area (Å²) in [6, 6.07) is 8.69. The first-order chi connectivity index (χ1) is 10.8. The molecule has 1 fully saturated rings. The van der Waals surface area contributed by atoms with Crippen LogP contribution in [0.5, 0.6) is 0 Å². The van der Waals surface area contributed by atoms with E-state index in [4.69, 9.17) is 4.74 Å². The number of likely N-dealkylation sites (tertiary alicyclic amines) is 1. The molecule has 1 amide bonds. The van der Waals surface area contributed by atoms with Gasteiger partial charge in [0.1, 0.15) is 5.60 Å². The number of hydrogen-bond acceptors (Lipinski definition) is 3. The van der Waals surface area contributed by atoms with Gasteiger partial charge in [0, 0.05) is 6.54 Å². The van der Waals surface area contributed by atoms with E-state index < -0.39 is 17.7 Å². The normalized spacial score (nSPS) is 18.8. The molecule has 1 aliphatic heterocycles. The molecule has 1 aliphatic rings. The minimum Gasteiger partial charge on any atom is -0.478 e. The maximum Gasteiger partial charge on any atom is 0.410 e. The number of rotatable bonds is 3. The topological polar surface area (TPSA) is 66.8 Å². The number of carbonyl (C=O) groups is 2. The summed E-state index contributed by atoms with van der Waals surface area (Å²) in [7, 11) is 0. The molecular weight excluding hydrogens is 294 g/mol. The van der Waals surface area contributed by atoms with Crippen LogP contribution in [0.3, 0.4) is 0 Å². The molecule has 0 aliphatic carbocycles. The van der Waals surface area contributed by atoms with E-state index in [1.807, 2.05) is 26.8 Å². The number of aliphatic carboxylic acids is 1. The predicted octanol–water partition coefficient (Wildman–Crippen LogP) is 3.55. The average Bonchev–Trinajstić information content (AvgIpc) is 2.92. The van der Waals surface area contributed by atoms with Crippen molar-refractivity contribution < 1.29 is 19.4 Å². The third-order valence-electron chi connectivity index (χ3n) is 3.60. The minimum absolute atomic E-state index is 0.214. The lowest BCUT2D eigenvalue weighted by atomic mass is 10.0. The number of benzene rings is 1. The molecule has 1 heterocycles. The lowest BCUT2D eigenvalue weighted by molar-refractivity contribution is -0.130. The van der Waals surface area contributed by atoms with Crippen LogP contribution in [0, 0.1) is 0 Å². The van der Waals surface area contributed by atoms with Gasteiger partial charge in [-0.15, -0.1) is 0 Å².